The standard InChI is InChI=1S/C22H29NO/c1-22(2,3)20-15-9-8-14-19(20)21(18-12-6-4-7-13-18)24-23-16-10-5-11-17-23/h4,6-9,12-15,21H,5,10-11,16-17H2,1-3H3. The van der Waals surface area contributed by atoms with E-state index in [-0.39, 0.29) is 11.5 Å². The van der Waals surface area contributed by atoms with Gasteiger partial charge in [-0.05, 0) is 34.9 Å². The van der Waals surface area contributed by atoms with Crippen molar-refractivity contribution in [2.45, 2.75) is 51.6 Å². The van der Waals surface area contributed by atoms with Crippen molar-refractivity contribution in [3.63, 3.8) is 0 Å². The Morgan fingerprint density at radius 1 is 0.833 bits per heavy atom. The van der Waals surface area contributed by atoms with Gasteiger partial charge in [0.2, 0.25) is 0 Å². The second-order valence-corrected chi connectivity index (χ2v) is 7.72. The van der Waals surface area contributed by atoms with E-state index in [4.69, 9.17) is 4.84 Å². The van der Waals surface area contributed by atoms with Gasteiger partial charge in [-0.15, -0.1) is 0 Å². The van der Waals surface area contributed by atoms with E-state index in [1.165, 1.54) is 36.0 Å². The summed E-state index contributed by atoms with van der Waals surface area (Å²) in [5.74, 6) is 0. The molecule has 3 rings (SSSR count). The number of hydrogen-bond donors (Lipinski definition) is 0. The van der Waals surface area contributed by atoms with Crippen molar-refractivity contribution in [2.75, 3.05) is 13.1 Å². The van der Waals surface area contributed by atoms with Gasteiger partial charge in [-0.2, -0.15) is 5.06 Å². The summed E-state index contributed by atoms with van der Waals surface area (Å²) in [5.41, 5.74) is 3.95. The number of hydroxylamine groups is 2. The van der Waals surface area contributed by atoms with E-state index in [2.05, 4.69) is 80.4 Å². The molecule has 2 heteroatoms. The molecule has 1 fully saturated rings. The molecule has 2 aromatic rings. The second-order valence-electron chi connectivity index (χ2n) is 7.72. The zero-order chi connectivity index (χ0) is 17.0. The number of hydrogen-bond acceptors (Lipinski definition) is 2. The van der Waals surface area contributed by atoms with Gasteiger partial charge in [0.05, 0.1) is 0 Å². The number of rotatable bonds is 4. The van der Waals surface area contributed by atoms with Crippen LogP contribution in [0.4, 0.5) is 0 Å². The van der Waals surface area contributed by atoms with Gasteiger partial charge in [-0.1, -0.05) is 81.8 Å². The molecule has 2 nitrogen and oxygen atoms in total. The van der Waals surface area contributed by atoms with Crippen LogP contribution in [0.5, 0.6) is 0 Å². The Bertz CT molecular complexity index is 639. The van der Waals surface area contributed by atoms with Crippen molar-refractivity contribution >= 4 is 0 Å². The van der Waals surface area contributed by atoms with Crippen LogP contribution in [-0.4, -0.2) is 18.2 Å². The molecule has 1 atom stereocenters. The van der Waals surface area contributed by atoms with Gasteiger partial charge in [-0.25, -0.2) is 0 Å². The molecule has 24 heavy (non-hydrogen) atoms. The van der Waals surface area contributed by atoms with E-state index in [1.807, 2.05) is 0 Å². The predicted octanol–water partition coefficient (Wildman–Crippen LogP) is 5.49. The molecule has 1 saturated heterocycles. The first kappa shape index (κ1) is 17.2. The Hall–Kier alpha value is -1.64. The molecule has 1 aliphatic rings. The van der Waals surface area contributed by atoms with Crippen LogP contribution in [0, 0.1) is 0 Å². The lowest BCUT2D eigenvalue weighted by atomic mass is 9.81. The Labute approximate surface area is 146 Å². The van der Waals surface area contributed by atoms with Gasteiger partial charge in [0.1, 0.15) is 6.10 Å². The SMILES string of the molecule is CC(C)(C)c1ccccc1C(ON1CCCCC1)c1ccccc1. The fourth-order valence-electron chi connectivity index (χ4n) is 3.45. The molecule has 0 bridgehead atoms. The van der Waals surface area contributed by atoms with Crippen molar-refractivity contribution in [3.05, 3.63) is 71.3 Å². The van der Waals surface area contributed by atoms with Crippen molar-refractivity contribution in [1.29, 1.82) is 0 Å². The van der Waals surface area contributed by atoms with E-state index < -0.39 is 0 Å². The number of piperidine rings is 1. The summed E-state index contributed by atoms with van der Waals surface area (Å²) < 4.78 is 0. The summed E-state index contributed by atoms with van der Waals surface area (Å²) in [6, 6.07) is 19.3. The van der Waals surface area contributed by atoms with Crippen molar-refractivity contribution < 1.29 is 4.84 Å². The summed E-state index contributed by atoms with van der Waals surface area (Å²) in [6.45, 7) is 8.88. The molecule has 0 N–H and O–H groups in total. The van der Waals surface area contributed by atoms with Crippen LogP contribution in [0.3, 0.4) is 0 Å². The van der Waals surface area contributed by atoms with Crippen LogP contribution < -0.4 is 0 Å². The van der Waals surface area contributed by atoms with Gasteiger partial charge in [0.15, 0.2) is 0 Å². The average Bonchev–Trinajstić information content (AvgIpc) is 2.61. The Balaban J connectivity index is 1.99. The molecule has 0 aromatic heterocycles. The molecule has 1 unspecified atom stereocenters. The fraction of sp³-hybridized carbons (Fsp3) is 0.455. The lowest BCUT2D eigenvalue weighted by Crippen LogP contribution is -2.32. The topological polar surface area (TPSA) is 12.5 Å². The quantitative estimate of drug-likeness (QED) is 0.737. The minimum absolute atomic E-state index is 0.0419. The molecule has 1 aliphatic heterocycles. The summed E-state index contributed by atoms with van der Waals surface area (Å²) in [7, 11) is 0. The largest absolute Gasteiger partial charge is 0.286 e. The molecule has 1 heterocycles. The van der Waals surface area contributed by atoms with Crippen LogP contribution in [0.2, 0.25) is 0 Å². The molecule has 0 amide bonds. The van der Waals surface area contributed by atoms with Crippen LogP contribution in [0.25, 0.3) is 0 Å². The summed E-state index contributed by atoms with van der Waals surface area (Å²) in [6.07, 6.45) is 3.72. The molecular weight excluding hydrogens is 294 g/mol. The maximum atomic E-state index is 6.53. The third kappa shape index (κ3) is 4.06. The molecule has 2 aromatic carbocycles. The van der Waals surface area contributed by atoms with Crippen LogP contribution in [0.15, 0.2) is 54.6 Å². The average molecular weight is 323 g/mol. The first-order chi connectivity index (χ1) is 11.6. The van der Waals surface area contributed by atoms with Gasteiger partial charge < -0.3 is 0 Å². The Kier molecular flexibility index (Phi) is 5.37. The smallest absolute Gasteiger partial charge is 0.130 e. The van der Waals surface area contributed by atoms with Crippen LogP contribution in [-0.2, 0) is 10.3 Å². The molecule has 0 radical (unpaired) electrons. The van der Waals surface area contributed by atoms with E-state index >= 15 is 0 Å². The lowest BCUT2D eigenvalue weighted by Gasteiger charge is -2.33. The fourth-order valence-corrected chi connectivity index (χ4v) is 3.45. The second kappa shape index (κ2) is 7.50. The Morgan fingerprint density at radius 2 is 1.46 bits per heavy atom. The van der Waals surface area contributed by atoms with Crippen molar-refractivity contribution in [3.8, 4) is 0 Å². The minimum atomic E-state index is -0.0419. The monoisotopic (exact) mass is 323 g/mol. The lowest BCUT2D eigenvalue weighted by molar-refractivity contribution is -0.196. The molecule has 0 saturated carbocycles. The summed E-state index contributed by atoms with van der Waals surface area (Å²) in [5, 5.41) is 2.17. The highest BCUT2D eigenvalue weighted by Gasteiger charge is 2.26. The van der Waals surface area contributed by atoms with E-state index in [0.717, 1.165) is 13.1 Å². The zero-order valence-electron chi connectivity index (χ0n) is 15.2. The zero-order valence-corrected chi connectivity index (χ0v) is 15.2. The van der Waals surface area contributed by atoms with Gasteiger partial charge in [0, 0.05) is 13.1 Å². The summed E-state index contributed by atoms with van der Waals surface area (Å²) in [4.78, 5) is 6.53. The van der Waals surface area contributed by atoms with Gasteiger partial charge >= 0.3 is 0 Å². The van der Waals surface area contributed by atoms with E-state index in [1.54, 1.807) is 0 Å². The van der Waals surface area contributed by atoms with Gasteiger partial charge in [-0.3, -0.25) is 4.84 Å². The molecule has 0 spiro atoms. The summed E-state index contributed by atoms with van der Waals surface area (Å²) >= 11 is 0. The highest BCUT2D eigenvalue weighted by Crippen LogP contribution is 2.35. The molecule has 0 aliphatic carbocycles. The number of benzene rings is 2. The highest BCUT2D eigenvalue weighted by molar-refractivity contribution is 5.39. The van der Waals surface area contributed by atoms with Crippen molar-refractivity contribution in [1.82, 2.24) is 5.06 Å². The molecular formula is C22H29NO. The maximum Gasteiger partial charge on any atom is 0.130 e. The Morgan fingerprint density at radius 3 is 2.12 bits per heavy atom. The number of nitrogens with zero attached hydrogens (tertiary/aromatic N) is 1. The van der Waals surface area contributed by atoms with Crippen molar-refractivity contribution in [2.24, 2.45) is 0 Å². The van der Waals surface area contributed by atoms with E-state index in [0.29, 0.717) is 0 Å². The van der Waals surface area contributed by atoms with E-state index in [9.17, 15) is 0 Å². The highest BCUT2D eigenvalue weighted by atomic mass is 16.7. The van der Waals surface area contributed by atoms with Crippen LogP contribution >= 0.6 is 0 Å². The molecule has 128 valence electrons. The first-order valence-electron chi connectivity index (χ1n) is 9.12. The van der Waals surface area contributed by atoms with Gasteiger partial charge in [0.25, 0.3) is 0 Å². The normalized spacial score (nSPS) is 17.6. The van der Waals surface area contributed by atoms with Crippen LogP contribution in [0.1, 0.15) is 62.8 Å². The first-order valence-corrected chi connectivity index (χ1v) is 9.12. The maximum absolute atomic E-state index is 6.53. The minimum Gasteiger partial charge on any atom is -0.286 e. The third-order valence-corrected chi connectivity index (χ3v) is 4.72. The predicted molar refractivity (Wildman–Crippen MR) is 99.9 cm³/mol. The third-order valence-electron chi connectivity index (χ3n) is 4.72.